The van der Waals surface area contributed by atoms with Crippen LogP contribution in [0.1, 0.15) is 54.3 Å². The highest BCUT2D eigenvalue weighted by molar-refractivity contribution is 5.83. The largest absolute Gasteiger partial charge is 0.354 e. The lowest BCUT2D eigenvalue weighted by molar-refractivity contribution is -0.127. The molecule has 1 atom stereocenters. The van der Waals surface area contributed by atoms with Crippen molar-refractivity contribution in [2.45, 2.75) is 37.6 Å². The molecule has 0 aromatic heterocycles. The molecule has 3 heteroatoms. The van der Waals surface area contributed by atoms with E-state index in [0.29, 0.717) is 6.54 Å². The first-order valence-corrected chi connectivity index (χ1v) is 11.5. The number of piperidine rings is 1. The van der Waals surface area contributed by atoms with Crippen molar-refractivity contribution in [1.29, 1.82) is 0 Å². The molecule has 1 fully saturated rings. The van der Waals surface area contributed by atoms with Crippen LogP contribution in [0.15, 0.2) is 91.0 Å². The quantitative estimate of drug-likeness (QED) is 0.526. The summed E-state index contributed by atoms with van der Waals surface area (Å²) in [6.45, 7) is 2.64. The summed E-state index contributed by atoms with van der Waals surface area (Å²) in [6, 6.07) is 31.2. The molecular weight excluding hydrogens is 380 g/mol. The normalized spacial score (nSPS) is 15.5. The summed E-state index contributed by atoms with van der Waals surface area (Å²) >= 11 is 0. The van der Waals surface area contributed by atoms with Crippen LogP contribution in [0.25, 0.3) is 0 Å². The fourth-order valence-electron chi connectivity index (χ4n) is 4.67. The Bertz CT molecular complexity index is 882. The van der Waals surface area contributed by atoms with Crippen LogP contribution in [-0.4, -0.2) is 30.4 Å². The van der Waals surface area contributed by atoms with Crippen LogP contribution in [0.4, 0.5) is 0 Å². The van der Waals surface area contributed by atoms with Gasteiger partial charge in [0, 0.05) is 12.5 Å². The molecule has 3 nitrogen and oxygen atoms in total. The third-order valence-electron chi connectivity index (χ3n) is 6.26. The van der Waals surface area contributed by atoms with E-state index in [1.165, 1.54) is 30.4 Å². The summed E-state index contributed by atoms with van der Waals surface area (Å²) in [5, 5.41) is 3.27. The minimum absolute atomic E-state index is 0.118. The molecule has 1 N–H and O–H groups in total. The van der Waals surface area contributed by atoms with Crippen molar-refractivity contribution >= 4 is 5.91 Å². The number of rotatable bonds is 8. The van der Waals surface area contributed by atoms with Crippen LogP contribution in [0.5, 0.6) is 0 Å². The van der Waals surface area contributed by atoms with Gasteiger partial charge in [-0.1, -0.05) is 97.4 Å². The lowest BCUT2D eigenvalue weighted by Crippen LogP contribution is -2.43. The van der Waals surface area contributed by atoms with Gasteiger partial charge in [-0.2, -0.15) is 0 Å². The number of carbonyl (C=O) groups is 1. The standard InChI is InChI=1S/C28H32N2O/c31-28(27(25-17-9-3-10-18-25)30-21-11-4-12-22-30)29-20-19-26(23-13-5-1-6-14-23)24-15-7-2-8-16-24/h1-3,5-10,13-18,26-27H,4,11-12,19-22H2,(H,29,31). The van der Waals surface area contributed by atoms with Crippen LogP contribution in [0, 0.1) is 0 Å². The molecule has 1 amide bonds. The van der Waals surface area contributed by atoms with E-state index >= 15 is 0 Å². The number of carbonyl (C=O) groups excluding carboxylic acids is 1. The van der Waals surface area contributed by atoms with Crippen LogP contribution >= 0.6 is 0 Å². The third kappa shape index (κ3) is 5.62. The maximum atomic E-state index is 13.3. The summed E-state index contributed by atoms with van der Waals surface area (Å²) < 4.78 is 0. The predicted octanol–water partition coefficient (Wildman–Crippen LogP) is 5.55. The highest BCUT2D eigenvalue weighted by Gasteiger charge is 2.28. The fourth-order valence-corrected chi connectivity index (χ4v) is 4.67. The van der Waals surface area contributed by atoms with E-state index in [1.807, 2.05) is 18.2 Å². The molecule has 0 radical (unpaired) electrons. The Kier molecular flexibility index (Phi) is 7.51. The first kappa shape index (κ1) is 21.3. The Balaban J connectivity index is 1.46. The number of benzene rings is 3. The molecule has 1 saturated heterocycles. The summed E-state index contributed by atoms with van der Waals surface area (Å²) in [5.41, 5.74) is 3.67. The van der Waals surface area contributed by atoms with E-state index in [9.17, 15) is 4.79 Å². The number of nitrogens with one attached hydrogen (secondary N) is 1. The van der Waals surface area contributed by atoms with Gasteiger partial charge in [-0.05, 0) is 49.0 Å². The van der Waals surface area contributed by atoms with Crippen LogP contribution in [0.2, 0.25) is 0 Å². The van der Waals surface area contributed by atoms with Gasteiger partial charge in [0.1, 0.15) is 6.04 Å². The molecule has 160 valence electrons. The summed E-state index contributed by atoms with van der Waals surface area (Å²) in [7, 11) is 0. The Labute approximate surface area is 186 Å². The molecule has 3 aromatic rings. The van der Waals surface area contributed by atoms with E-state index in [1.54, 1.807) is 0 Å². The third-order valence-corrected chi connectivity index (χ3v) is 6.26. The summed E-state index contributed by atoms with van der Waals surface area (Å²) in [6.07, 6.45) is 4.47. The van der Waals surface area contributed by atoms with Crippen molar-refractivity contribution in [1.82, 2.24) is 10.2 Å². The molecule has 4 rings (SSSR count). The Morgan fingerprint density at radius 3 is 1.71 bits per heavy atom. The van der Waals surface area contributed by atoms with Crippen molar-refractivity contribution in [2.24, 2.45) is 0 Å². The summed E-state index contributed by atoms with van der Waals surface area (Å²) in [4.78, 5) is 15.7. The SMILES string of the molecule is O=C(NCCC(c1ccccc1)c1ccccc1)C(c1ccccc1)N1CCCCC1. The molecule has 31 heavy (non-hydrogen) atoms. The van der Waals surface area contributed by atoms with Gasteiger partial charge in [0.25, 0.3) is 0 Å². The number of amides is 1. The second kappa shape index (κ2) is 10.9. The van der Waals surface area contributed by atoms with Crippen LogP contribution < -0.4 is 5.32 Å². The summed E-state index contributed by atoms with van der Waals surface area (Å²) in [5.74, 6) is 0.390. The van der Waals surface area contributed by atoms with Gasteiger partial charge in [-0.15, -0.1) is 0 Å². The molecule has 0 spiro atoms. The number of hydrogen-bond donors (Lipinski definition) is 1. The van der Waals surface area contributed by atoms with Crippen molar-refractivity contribution < 1.29 is 4.79 Å². The zero-order chi connectivity index (χ0) is 21.3. The lowest BCUT2D eigenvalue weighted by Gasteiger charge is -2.34. The highest BCUT2D eigenvalue weighted by Crippen LogP contribution is 2.28. The highest BCUT2D eigenvalue weighted by atomic mass is 16.2. The topological polar surface area (TPSA) is 32.3 Å². The zero-order valence-corrected chi connectivity index (χ0v) is 18.1. The first-order valence-electron chi connectivity index (χ1n) is 11.5. The van der Waals surface area contributed by atoms with Gasteiger partial charge in [-0.25, -0.2) is 0 Å². The molecule has 1 aliphatic rings. The molecule has 0 saturated carbocycles. The zero-order valence-electron chi connectivity index (χ0n) is 18.1. The molecule has 0 aliphatic carbocycles. The van der Waals surface area contributed by atoms with Crippen molar-refractivity contribution in [3.63, 3.8) is 0 Å². The monoisotopic (exact) mass is 412 g/mol. The van der Waals surface area contributed by atoms with Gasteiger partial charge in [0.2, 0.25) is 5.91 Å². The van der Waals surface area contributed by atoms with E-state index in [-0.39, 0.29) is 17.9 Å². The molecule has 0 bridgehead atoms. The molecule has 3 aromatic carbocycles. The Morgan fingerprint density at radius 1 is 0.710 bits per heavy atom. The Hall–Kier alpha value is -2.91. The molecule has 1 heterocycles. The van der Waals surface area contributed by atoms with Crippen LogP contribution in [-0.2, 0) is 4.79 Å². The number of nitrogens with zero attached hydrogens (tertiary/aromatic N) is 1. The Morgan fingerprint density at radius 2 is 1.19 bits per heavy atom. The van der Waals surface area contributed by atoms with Crippen molar-refractivity contribution in [3.8, 4) is 0 Å². The van der Waals surface area contributed by atoms with E-state index < -0.39 is 0 Å². The van der Waals surface area contributed by atoms with E-state index in [4.69, 9.17) is 0 Å². The fraction of sp³-hybridized carbons (Fsp3) is 0.321. The maximum Gasteiger partial charge on any atom is 0.241 e. The molecule has 1 aliphatic heterocycles. The smallest absolute Gasteiger partial charge is 0.241 e. The van der Waals surface area contributed by atoms with Gasteiger partial charge in [-0.3, -0.25) is 9.69 Å². The minimum atomic E-state index is -0.201. The average molecular weight is 413 g/mol. The average Bonchev–Trinajstić information content (AvgIpc) is 2.84. The lowest BCUT2D eigenvalue weighted by atomic mass is 9.88. The predicted molar refractivity (Wildman–Crippen MR) is 127 cm³/mol. The number of hydrogen-bond acceptors (Lipinski definition) is 2. The van der Waals surface area contributed by atoms with Crippen molar-refractivity contribution in [2.75, 3.05) is 19.6 Å². The van der Waals surface area contributed by atoms with Gasteiger partial charge >= 0.3 is 0 Å². The minimum Gasteiger partial charge on any atom is -0.354 e. The van der Waals surface area contributed by atoms with Gasteiger partial charge in [0.05, 0.1) is 0 Å². The van der Waals surface area contributed by atoms with Crippen molar-refractivity contribution in [3.05, 3.63) is 108 Å². The maximum absolute atomic E-state index is 13.3. The van der Waals surface area contributed by atoms with Gasteiger partial charge < -0.3 is 5.32 Å². The first-order chi connectivity index (χ1) is 15.3. The number of likely N-dealkylation sites (tertiary alicyclic amines) is 1. The second-order valence-corrected chi connectivity index (χ2v) is 8.36. The molecular formula is C28H32N2O. The van der Waals surface area contributed by atoms with Gasteiger partial charge in [0.15, 0.2) is 0 Å². The van der Waals surface area contributed by atoms with E-state index in [2.05, 4.69) is 83.0 Å². The van der Waals surface area contributed by atoms with E-state index in [0.717, 1.165) is 25.1 Å². The van der Waals surface area contributed by atoms with Crippen LogP contribution in [0.3, 0.4) is 0 Å². The molecule has 1 unspecified atom stereocenters. The second-order valence-electron chi connectivity index (χ2n) is 8.36.